The maximum atomic E-state index is 12.3. The van der Waals surface area contributed by atoms with Gasteiger partial charge in [0.1, 0.15) is 11.5 Å². The minimum atomic E-state index is -3.50. The highest BCUT2D eigenvalue weighted by Crippen LogP contribution is 2.22. The van der Waals surface area contributed by atoms with Gasteiger partial charge in [0.25, 0.3) is 0 Å². The molecule has 0 unspecified atom stereocenters. The molecule has 0 saturated heterocycles. The molecule has 0 aliphatic carbocycles. The number of rotatable bonds is 8. The molecule has 0 aliphatic heterocycles. The first-order chi connectivity index (χ1) is 10.6. The van der Waals surface area contributed by atoms with E-state index in [0.29, 0.717) is 31.6 Å². The Kier molecular flexibility index (Phi) is 5.63. The minimum absolute atomic E-state index is 0.267. The van der Waals surface area contributed by atoms with Crippen molar-refractivity contribution in [2.75, 3.05) is 13.7 Å². The van der Waals surface area contributed by atoms with E-state index in [1.54, 1.807) is 31.6 Å². The van der Waals surface area contributed by atoms with Crippen LogP contribution < -0.4 is 9.46 Å². The maximum absolute atomic E-state index is 12.3. The maximum Gasteiger partial charge on any atom is 0.240 e. The van der Waals surface area contributed by atoms with E-state index < -0.39 is 10.0 Å². The van der Waals surface area contributed by atoms with Gasteiger partial charge < -0.3 is 9.15 Å². The van der Waals surface area contributed by atoms with Crippen LogP contribution in [0.1, 0.15) is 24.7 Å². The summed E-state index contributed by atoms with van der Waals surface area (Å²) in [5, 5.41) is 0. The second-order valence-electron chi connectivity index (χ2n) is 4.91. The molecule has 0 atom stereocenters. The number of nitrogens with one attached hydrogen (secondary N) is 1. The minimum Gasteiger partial charge on any atom is -0.496 e. The lowest BCUT2D eigenvalue weighted by molar-refractivity contribution is 0.409. The molecule has 1 aromatic heterocycles. The summed E-state index contributed by atoms with van der Waals surface area (Å²) in [4.78, 5) is 0.267. The van der Waals surface area contributed by atoms with Crippen LogP contribution in [0.4, 0.5) is 0 Å². The van der Waals surface area contributed by atoms with E-state index >= 15 is 0 Å². The number of sulfonamides is 1. The molecule has 1 heterocycles. The van der Waals surface area contributed by atoms with Gasteiger partial charge >= 0.3 is 0 Å². The fraction of sp³-hybridized carbons (Fsp3) is 0.375. The van der Waals surface area contributed by atoms with Crippen LogP contribution >= 0.6 is 0 Å². The van der Waals surface area contributed by atoms with E-state index in [-0.39, 0.29) is 4.90 Å². The predicted molar refractivity (Wildman–Crippen MR) is 84.6 cm³/mol. The lowest BCUT2D eigenvalue weighted by atomic mass is 10.1. The lowest BCUT2D eigenvalue weighted by Crippen LogP contribution is -2.25. The molecule has 0 amide bonds. The molecule has 1 aromatic carbocycles. The second-order valence-corrected chi connectivity index (χ2v) is 6.67. The van der Waals surface area contributed by atoms with Crippen molar-refractivity contribution in [1.29, 1.82) is 0 Å². The van der Waals surface area contributed by atoms with E-state index in [4.69, 9.17) is 9.15 Å². The largest absolute Gasteiger partial charge is 0.496 e. The van der Waals surface area contributed by atoms with E-state index in [2.05, 4.69) is 4.72 Å². The van der Waals surface area contributed by atoms with Gasteiger partial charge in [-0.1, -0.05) is 6.92 Å². The quantitative estimate of drug-likeness (QED) is 0.759. The summed E-state index contributed by atoms with van der Waals surface area (Å²) in [6.45, 7) is 2.33. The SMILES string of the molecule is CCc1cc(S(=O)(=O)NCCCc2ccco2)ccc1OC. The van der Waals surface area contributed by atoms with Gasteiger partial charge in [0.15, 0.2) is 0 Å². The second kappa shape index (κ2) is 7.47. The monoisotopic (exact) mass is 323 g/mol. The Labute approximate surface area is 131 Å². The summed E-state index contributed by atoms with van der Waals surface area (Å²) >= 11 is 0. The van der Waals surface area contributed by atoms with E-state index in [1.165, 1.54) is 0 Å². The zero-order valence-electron chi connectivity index (χ0n) is 12.8. The van der Waals surface area contributed by atoms with Crippen molar-refractivity contribution in [3.63, 3.8) is 0 Å². The van der Waals surface area contributed by atoms with Gasteiger partial charge in [0, 0.05) is 13.0 Å². The first-order valence-electron chi connectivity index (χ1n) is 7.25. The molecule has 0 saturated carbocycles. The smallest absolute Gasteiger partial charge is 0.240 e. The Morgan fingerprint density at radius 3 is 2.73 bits per heavy atom. The molecule has 0 aliphatic rings. The van der Waals surface area contributed by atoms with Crippen LogP contribution in [0, 0.1) is 0 Å². The van der Waals surface area contributed by atoms with Gasteiger partial charge in [-0.25, -0.2) is 13.1 Å². The van der Waals surface area contributed by atoms with Crippen LogP contribution in [-0.2, 0) is 22.9 Å². The highest BCUT2D eigenvalue weighted by molar-refractivity contribution is 7.89. The van der Waals surface area contributed by atoms with Gasteiger partial charge in [-0.05, 0) is 48.7 Å². The first kappa shape index (κ1) is 16.6. The molecular weight excluding hydrogens is 302 g/mol. The van der Waals surface area contributed by atoms with Crippen LogP contribution in [0.5, 0.6) is 5.75 Å². The Balaban J connectivity index is 1.97. The summed E-state index contributed by atoms with van der Waals surface area (Å²) in [6.07, 6.45) is 3.72. The molecule has 6 heteroatoms. The molecule has 5 nitrogen and oxygen atoms in total. The number of ether oxygens (including phenoxy) is 1. The van der Waals surface area contributed by atoms with Crippen molar-refractivity contribution < 1.29 is 17.6 Å². The summed E-state index contributed by atoms with van der Waals surface area (Å²) in [7, 11) is -1.92. The van der Waals surface area contributed by atoms with Crippen LogP contribution in [0.2, 0.25) is 0 Å². The van der Waals surface area contributed by atoms with Gasteiger partial charge in [-0.3, -0.25) is 0 Å². The van der Waals surface area contributed by atoms with Gasteiger partial charge in [0.05, 0.1) is 18.3 Å². The zero-order chi connectivity index (χ0) is 16.0. The highest BCUT2D eigenvalue weighted by atomic mass is 32.2. The molecule has 2 aromatic rings. The van der Waals surface area contributed by atoms with Gasteiger partial charge in [-0.15, -0.1) is 0 Å². The van der Waals surface area contributed by atoms with Crippen LogP contribution in [0.15, 0.2) is 45.9 Å². The number of furan rings is 1. The number of hydrogen-bond donors (Lipinski definition) is 1. The van der Waals surface area contributed by atoms with E-state index in [0.717, 1.165) is 11.3 Å². The van der Waals surface area contributed by atoms with Crippen LogP contribution in [0.3, 0.4) is 0 Å². The first-order valence-corrected chi connectivity index (χ1v) is 8.74. The molecule has 0 spiro atoms. The molecule has 1 N–H and O–H groups in total. The Morgan fingerprint density at radius 1 is 1.27 bits per heavy atom. The number of hydrogen-bond acceptors (Lipinski definition) is 4. The van der Waals surface area contributed by atoms with E-state index in [9.17, 15) is 8.42 Å². The molecule has 120 valence electrons. The number of methoxy groups -OCH3 is 1. The van der Waals surface area contributed by atoms with Crippen molar-refractivity contribution >= 4 is 10.0 Å². The number of aryl methyl sites for hydroxylation is 2. The lowest BCUT2D eigenvalue weighted by Gasteiger charge is -2.10. The summed E-state index contributed by atoms with van der Waals surface area (Å²) in [6, 6.07) is 8.62. The van der Waals surface area contributed by atoms with E-state index in [1.807, 2.05) is 19.1 Å². The zero-order valence-corrected chi connectivity index (χ0v) is 13.7. The van der Waals surface area contributed by atoms with Crippen LogP contribution in [0.25, 0.3) is 0 Å². The third-order valence-corrected chi connectivity index (χ3v) is 4.87. The van der Waals surface area contributed by atoms with Crippen molar-refractivity contribution in [1.82, 2.24) is 4.72 Å². The fourth-order valence-corrected chi connectivity index (χ4v) is 3.33. The average Bonchev–Trinajstić information content (AvgIpc) is 3.04. The molecular formula is C16H21NO4S. The van der Waals surface area contributed by atoms with Gasteiger partial charge in [0.2, 0.25) is 10.0 Å². The fourth-order valence-electron chi connectivity index (χ4n) is 2.21. The highest BCUT2D eigenvalue weighted by Gasteiger charge is 2.15. The summed E-state index contributed by atoms with van der Waals surface area (Å²) < 4.78 is 37.6. The molecule has 0 bridgehead atoms. The van der Waals surface area contributed by atoms with Crippen molar-refractivity contribution in [2.24, 2.45) is 0 Å². The topological polar surface area (TPSA) is 68.5 Å². The molecule has 2 rings (SSSR count). The van der Waals surface area contributed by atoms with Crippen LogP contribution in [-0.4, -0.2) is 22.1 Å². The third-order valence-electron chi connectivity index (χ3n) is 3.42. The standard InChI is InChI=1S/C16H21NO4S/c1-3-13-12-15(8-9-16(13)20-2)22(18,19)17-10-4-6-14-7-5-11-21-14/h5,7-9,11-12,17H,3-4,6,10H2,1-2H3. The molecule has 0 fully saturated rings. The van der Waals surface area contributed by atoms with Crippen molar-refractivity contribution in [3.8, 4) is 5.75 Å². The number of benzene rings is 1. The Morgan fingerprint density at radius 2 is 2.09 bits per heavy atom. The normalized spacial score (nSPS) is 11.5. The van der Waals surface area contributed by atoms with Crippen molar-refractivity contribution in [2.45, 2.75) is 31.1 Å². The predicted octanol–water partition coefficient (Wildman–Crippen LogP) is 2.76. The van der Waals surface area contributed by atoms with Gasteiger partial charge in [-0.2, -0.15) is 0 Å². The molecule has 0 radical (unpaired) electrons. The third kappa shape index (κ3) is 4.11. The average molecular weight is 323 g/mol. The molecule has 22 heavy (non-hydrogen) atoms. The Bertz CT molecular complexity index is 693. The summed E-state index contributed by atoms with van der Waals surface area (Å²) in [5.41, 5.74) is 0.876. The van der Waals surface area contributed by atoms with Crippen molar-refractivity contribution in [3.05, 3.63) is 47.9 Å². The summed E-state index contributed by atoms with van der Waals surface area (Å²) in [5.74, 6) is 1.57. The Hall–Kier alpha value is -1.79.